The van der Waals surface area contributed by atoms with Gasteiger partial charge in [0.2, 0.25) is 5.91 Å². The molecule has 0 fully saturated rings. The van der Waals surface area contributed by atoms with Gasteiger partial charge in [-0.25, -0.2) is 0 Å². The lowest BCUT2D eigenvalue weighted by molar-refractivity contribution is -0.122. The smallest absolute Gasteiger partial charge is 0.307 e. The first-order valence-electron chi connectivity index (χ1n) is 5.25. The van der Waals surface area contributed by atoms with E-state index >= 15 is 0 Å². The normalized spacial score (nSPS) is 11.5. The molecule has 0 aromatic carbocycles. The fourth-order valence-electron chi connectivity index (χ4n) is 1.37. The second-order valence-corrected chi connectivity index (χ2v) is 5.66. The highest BCUT2D eigenvalue weighted by molar-refractivity contribution is 7.07. The second-order valence-electron chi connectivity index (χ2n) is 4.84. The average molecular weight is 242 g/mol. The topological polar surface area (TPSA) is 51.1 Å². The summed E-state index contributed by atoms with van der Waals surface area (Å²) < 4.78 is 1.63. The molecule has 5 heteroatoms. The zero-order valence-electron chi connectivity index (χ0n) is 10.2. The van der Waals surface area contributed by atoms with Gasteiger partial charge in [-0.2, -0.15) is 0 Å². The van der Waals surface area contributed by atoms with Gasteiger partial charge in [0.25, 0.3) is 0 Å². The molecule has 1 aromatic rings. The van der Waals surface area contributed by atoms with Crippen molar-refractivity contribution in [2.45, 2.75) is 46.2 Å². The van der Waals surface area contributed by atoms with Crippen LogP contribution in [0.2, 0.25) is 0 Å². The third kappa shape index (κ3) is 3.81. The Morgan fingerprint density at radius 1 is 1.50 bits per heavy atom. The zero-order chi connectivity index (χ0) is 12.3. The Balaban J connectivity index is 2.53. The first kappa shape index (κ1) is 13.0. The summed E-state index contributed by atoms with van der Waals surface area (Å²) in [5.74, 6) is -0.0231. The monoisotopic (exact) mass is 242 g/mol. The molecule has 1 heterocycles. The minimum absolute atomic E-state index is 0.000980. The molecule has 0 atom stereocenters. The number of hydrogen-bond donors (Lipinski definition) is 1. The molecule has 0 saturated carbocycles. The third-order valence-corrected chi connectivity index (χ3v) is 2.93. The van der Waals surface area contributed by atoms with Crippen LogP contribution in [0, 0.1) is 6.92 Å². The lowest BCUT2D eigenvalue weighted by Gasteiger charge is -2.20. The van der Waals surface area contributed by atoms with Gasteiger partial charge in [-0.15, -0.1) is 0 Å². The number of thiazole rings is 1. The zero-order valence-corrected chi connectivity index (χ0v) is 11.0. The van der Waals surface area contributed by atoms with Crippen molar-refractivity contribution < 1.29 is 4.79 Å². The van der Waals surface area contributed by atoms with Gasteiger partial charge in [0.15, 0.2) is 0 Å². The first-order chi connectivity index (χ1) is 7.29. The van der Waals surface area contributed by atoms with Crippen molar-refractivity contribution in [2.24, 2.45) is 0 Å². The third-order valence-electron chi connectivity index (χ3n) is 2.05. The number of carbonyl (C=O) groups excluding carboxylic acids is 1. The number of nitrogens with one attached hydrogen (secondary N) is 1. The van der Waals surface area contributed by atoms with E-state index in [9.17, 15) is 9.59 Å². The number of hydrogen-bond acceptors (Lipinski definition) is 3. The van der Waals surface area contributed by atoms with E-state index in [1.807, 2.05) is 33.1 Å². The molecule has 1 rings (SSSR count). The van der Waals surface area contributed by atoms with Crippen LogP contribution in [0.4, 0.5) is 0 Å². The van der Waals surface area contributed by atoms with Crippen LogP contribution in [0.15, 0.2) is 10.2 Å². The molecule has 0 aliphatic heterocycles. The summed E-state index contributed by atoms with van der Waals surface area (Å²) in [6, 6.07) is 0. The van der Waals surface area contributed by atoms with E-state index in [0.29, 0.717) is 13.0 Å². The van der Waals surface area contributed by atoms with Gasteiger partial charge in [-0.05, 0) is 27.7 Å². The van der Waals surface area contributed by atoms with Crippen LogP contribution in [-0.4, -0.2) is 16.0 Å². The first-order valence-corrected chi connectivity index (χ1v) is 6.13. The fourth-order valence-corrected chi connectivity index (χ4v) is 2.13. The molecule has 90 valence electrons. The Kier molecular flexibility index (Phi) is 3.91. The molecule has 4 nitrogen and oxygen atoms in total. The summed E-state index contributed by atoms with van der Waals surface area (Å²) in [5.41, 5.74) is 0.699. The molecule has 0 unspecified atom stereocenters. The Bertz CT molecular complexity index is 426. The van der Waals surface area contributed by atoms with E-state index in [1.54, 1.807) is 4.57 Å². The van der Waals surface area contributed by atoms with Crippen molar-refractivity contribution in [3.05, 3.63) is 20.7 Å². The fraction of sp³-hybridized carbons (Fsp3) is 0.636. The van der Waals surface area contributed by atoms with E-state index in [2.05, 4.69) is 5.32 Å². The van der Waals surface area contributed by atoms with Crippen molar-refractivity contribution in [1.29, 1.82) is 0 Å². The van der Waals surface area contributed by atoms with Crippen molar-refractivity contribution in [3.8, 4) is 0 Å². The minimum Gasteiger partial charge on any atom is -0.351 e. The second kappa shape index (κ2) is 4.82. The molecular formula is C11H18N2O2S. The van der Waals surface area contributed by atoms with Gasteiger partial charge in [0.05, 0.1) is 0 Å². The molecule has 16 heavy (non-hydrogen) atoms. The number of nitrogens with zero attached hydrogens (tertiary/aromatic N) is 1. The van der Waals surface area contributed by atoms with Crippen LogP contribution in [0.25, 0.3) is 0 Å². The predicted molar refractivity (Wildman–Crippen MR) is 65.8 cm³/mol. The van der Waals surface area contributed by atoms with E-state index in [-0.39, 0.29) is 16.3 Å². The molecule has 0 spiro atoms. The number of carbonyl (C=O) groups is 1. The highest BCUT2D eigenvalue weighted by atomic mass is 32.1. The summed E-state index contributed by atoms with van der Waals surface area (Å²) in [5, 5.41) is 4.68. The van der Waals surface area contributed by atoms with Crippen molar-refractivity contribution in [3.63, 3.8) is 0 Å². The van der Waals surface area contributed by atoms with Crippen molar-refractivity contribution >= 4 is 17.2 Å². The number of aromatic nitrogens is 1. The lowest BCUT2D eigenvalue weighted by atomic mass is 10.1. The SMILES string of the molecule is Cc1csc(=O)n1CCC(=O)NC(C)(C)C. The van der Waals surface area contributed by atoms with Crippen LogP contribution in [-0.2, 0) is 11.3 Å². The largest absolute Gasteiger partial charge is 0.351 e. The van der Waals surface area contributed by atoms with Gasteiger partial charge in [0, 0.05) is 29.6 Å². The van der Waals surface area contributed by atoms with E-state index in [0.717, 1.165) is 5.69 Å². The van der Waals surface area contributed by atoms with Crippen molar-refractivity contribution in [2.75, 3.05) is 0 Å². The minimum atomic E-state index is -0.217. The van der Waals surface area contributed by atoms with Crippen LogP contribution in [0.3, 0.4) is 0 Å². The Labute approximate surface area is 99.3 Å². The van der Waals surface area contributed by atoms with Crippen LogP contribution in [0.1, 0.15) is 32.9 Å². The summed E-state index contributed by atoms with van der Waals surface area (Å²) in [4.78, 5) is 22.9. The molecule has 0 saturated heterocycles. The molecule has 0 radical (unpaired) electrons. The summed E-state index contributed by atoms with van der Waals surface area (Å²) >= 11 is 1.17. The lowest BCUT2D eigenvalue weighted by Crippen LogP contribution is -2.41. The molecule has 0 aliphatic rings. The molecule has 1 aromatic heterocycles. The number of amides is 1. The maximum absolute atomic E-state index is 11.6. The van der Waals surface area contributed by atoms with Gasteiger partial charge >= 0.3 is 4.87 Å². The van der Waals surface area contributed by atoms with E-state index in [4.69, 9.17) is 0 Å². The Morgan fingerprint density at radius 3 is 2.56 bits per heavy atom. The van der Waals surface area contributed by atoms with Crippen molar-refractivity contribution in [1.82, 2.24) is 9.88 Å². The van der Waals surface area contributed by atoms with Crippen LogP contribution >= 0.6 is 11.3 Å². The maximum Gasteiger partial charge on any atom is 0.307 e. The summed E-state index contributed by atoms with van der Waals surface area (Å²) in [6.45, 7) is 8.14. The summed E-state index contributed by atoms with van der Waals surface area (Å²) in [7, 11) is 0. The quantitative estimate of drug-likeness (QED) is 0.873. The Morgan fingerprint density at radius 2 is 2.12 bits per heavy atom. The number of rotatable bonds is 3. The van der Waals surface area contributed by atoms with Gasteiger partial charge in [-0.1, -0.05) is 11.3 Å². The standard InChI is InChI=1S/C11H18N2O2S/c1-8-7-16-10(15)13(8)6-5-9(14)12-11(2,3)4/h7H,5-6H2,1-4H3,(H,12,14). The summed E-state index contributed by atoms with van der Waals surface area (Å²) in [6.07, 6.45) is 0.342. The number of aryl methyl sites for hydroxylation is 1. The average Bonchev–Trinajstić information content (AvgIpc) is 2.41. The molecular weight excluding hydrogens is 224 g/mol. The highest BCUT2D eigenvalue weighted by Gasteiger charge is 2.14. The van der Waals surface area contributed by atoms with Crippen LogP contribution < -0.4 is 10.2 Å². The molecule has 0 bridgehead atoms. The predicted octanol–water partition coefficient (Wildman–Crippen LogP) is 1.52. The molecule has 1 amide bonds. The molecule has 0 aliphatic carbocycles. The Hall–Kier alpha value is -1.10. The maximum atomic E-state index is 11.6. The highest BCUT2D eigenvalue weighted by Crippen LogP contribution is 2.03. The van der Waals surface area contributed by atoms with E-state index < -0.39 is 0 Å². The van der Waals surface area contributed by atoms with Gasteiger partial charge < -0.3 is 9.88 Å². The van der Waals surface area contributed by atoms with E-state index in [1.165, 1.54) is 11.3 Å². The van der Waals surface area contributed by atoms with Crippen LogP contribution in [0.5, 0.6) is 0 Å². The van der Waals surface area contributed by atoms with Gasteiger partial charge in [-0.3, -0.25) is 9.59 Å². The van der Waals surface area contributed by atoms with Gasteiger partial charge in [0.1, 0.15) is 0 Å². The molecule has 1 N–H and O–H groups in total.